The van der Waals surface area contributed by atoms with Gasteiger partial charge >= 0.3 is 0 Å². The van der Waals surface area contributed by atoms with Gasteiger partial charge in [-0.25, -0.2) is 4.98 Å². The molecule has 36 heavy (non-hydrogen) atoms. The monoisotopic (exact) mass is 505 g/mol. The van der Waals surface area contributed by atoms with E-state index in [-0.39, 0.29) is 5.91 Å². The van der Waals surface area contributed by atoms with E-state index in [1.807, 2.05) is 25.1 Å². The van der Waals surface area contributed by atoms with Crippen molar-refractivity contribution in [1.82, 2.24) is 20.3 Å². The average molecular weight is 506 g/mol. The predicted octanol–water partition coefficient (Wildman–Crippen LogP) is 4.47. The van der Waals surface area contributed by atoms with Gasteiger partial charge in [-0.2, -0.15) is 4.98 Å². The number of rotatable bonds is 5. The zero-order valence-electron chi connectivity index (χ0n) is 20.5. The fraction of sp³-hybridized carbons (Fsp3) is 0.462. The van der Waals surface area contributed by atoms with Crippen LogP contribution in [0.3, 0.4) is 0 Å². The van der Waals surface area contributed by atoms with Crippen LogP contribution in [-0.2, 0) is 9.53 Å². The molecule has 2 fully saturated rings. The molecule has 3 aliphatic rings. The van der Waals surface area contributed by atoms with E-state index >= 15 is 0 Å². The number of carbonyl (C=O) groups excluding carboxylic acids is 1. The number of amides is 1. The summed E-state index contributed by atoms with van der Waals surface area (Å²) in [6.45, 7) is 5.87. The van der Waals surface area contributed by atoms with Crippen LogP contribution in [0.1, 0.15) is 56.0 Å². The summed E-state index contributed by atoms with van der Waals surface area (Å²) in [6, 6.07) is 5.87. The molecule has 2 saturated heterocycles. The van der Waals surface area contributed by atoms with Crippen molar-refractivity contribution in [3.05, 3.63) is 47.6 Å². The van der Waals surface area contributed by atoms with Crippen LogP contribution in [0, 0.1) is 6.92 Å². The van der Waals surface area contributed by atoms with Crippen LogP contribution >= 0.6 is 11.3 Å². The Bertz CT molecular complexity index is 1290. The maximum absolute atomic E-state index is 13.3. The van der Waals surface area contributed by atoms with Crippen molar-refractivity contribution in [2.45, 2.75) is 51.7 Å². The van der Waals surface area contributed by atoms with E-state index in [2.05, 4.69) is 25.4 Å². The van der Waals surface area contributed by atoms with Gasteiger partial charge in [-0.15, -0.1) is 0 Å². The summed E-state index contributed by atoms with van der Waals surface area (Å²) < 4.78 is 6.74. The van der Waals surface area contributed by atoms with Crippen LogP contribution in [-0.4, -0.2) is 47.0 Å². The van der Waals surface area contributed by atoms with E-state index in [1.165, 1.54) is 31.9 Å². The molecule has 1 atom stereocenters. The molecule has 6 rings (SSSR count). The lowest BCUT2D eigenvalue weighted by atomic mass is 10.1. The highest BCUT2D eigenvalue weighted by atomic mass is 32.1. The second-order valence-electron chi connectivity index (χ2n) is 9.65. The molecular formula is C26H31N7O2S. The zero-order chi connectivity index (χ0) is 24.5. The predicted molar refractivity (Wildman–Crippen MR) is 142 cm³/mol. The number of pyridine rings is 2. The summed E-state index contributed by atoms with van der Waals surface area (Å²) in [5, 5.41) is 7.32. The average Bonchev–Trinajstić information content (AvgIpc) is 3.57. The number of aryl methyl sites for hydroxylation is 1. The first kappa shape index (κ1) is 23.0. The van der Waals surface area contributed by atoms with Crippen LogP contribution in [0.5, 0.6) is 0 Å². The van der Waals surface area contributed by atoms with Gasteiger partial charge in [-0.05, 0) is 63.6 Å². The third-order valence-electron chi connectivity index (χ3n) is 6.96. The maximum atomic E-state index is 13.3. The zero-order valence-corrected chi connectivity index (χ0v) is 21.3. The van der Waals surface area contributed by atoms with Crippen LogP contribution < -0.4 is 20.4 Å². The molecule has 1 unspecified atom stereocenters. The quantitative estimate of drug-likeness (QED) is 0.524. The highest BCUT2D eigenvalue weighted by molar-refractivity contribution is 7.22. The molecule has 6 heterocycles. The van der Waals surface area contributed by atoms with E-state index in [0.29, 0.717) is 11.4 Å². The van der Waals surface area contributed by atoms with Crippen LogP contribution in [0.2, 0.25) is 0 Å². The van der Waals surface area contributed by atoms with Gasteiger partial charge in [0.05, 0.1) is 10.4 Å². The number of aromatic nitrogens is 3. The molecule has 10 heteroatoms. The van der Waals surface area contributed by atoms with Crippen molar-refractivity contribution in [3.63, 3.8) is 0 Å². The third-order valence-corrected chi connectivity index (χ3v) is 8.01. The molecular weight excluding hydrogens is 474 g/mol. The van der Waals surface area contributed by atoms with E-state index in [9.17, 15) is 4.79 Å². The molecule has 0 aliphatic carbocycles. The van der Waals surface area contributed by atoms with Crippen molar-refractivity contribution in [3.8, 4) is 0 Å². The van der Waals surface area contributed by atoms with Crippen LogP contribution in [0.4, 0.5) is 16.6 Å². The molecule has 0 radical (unpaired) electrons. The lowest BCUT2D eigenvalue weighted by Crippen LogP contribution is -2.32. The standard InChI is InChI=1S/C26H31N7O2S/c1-17-14-18(8-9-27-17)25-29-20(16-35-25)24(34)28-19-15-21-22(30-23(19)32-10-4-2-5-11-32)31-26(36-21)33-12-6-3-7-13-33/h8-9,14-16,25,29H,2-7,10-13H2,1H3,(H,28,34). The highest BCUT2D eigenvalue weighted by Crippen LogP contribution is 2.36. The second-order valence-corrected chi connectivity index (χ2v) is 10.7. The molecule has 3 aromatic rings. The first-order valence-electron chi connectivity index (χ1n) is 12.8. The van der Waals surface area contributed by atoms with E-state index in [0.717, 1.165) is 71.6 Å². The fourth-order valence-electron chi connectivity index (χ4n) is 5.05. The number of nitrogens with zero attached hydrogens (tertiary/aromatic N) is 5. The van der Waals surface area contributed by atoms with Crippen LogP contribution in [0.25, 0.3) is 10.3 Å². The van der Waals surface area contributed by atoms with Crippen LogP contribution in [0.15, 0.2) is 36.4 Å². The lowest BCUT2D eigenvalue weighted by Gasteiger charge is -2.29. The molecule has 1 amide bonds. The number of fused-ring (bicyclic) bond motifs is 1. The van der Waals surface area contributed by atoms with E-state index < -0.39 is 6.23 Å². The topological polar surface area (TPSA) is 95.5 Å². The lowest BCUT2D eigenvalue weighted by molar-refractivity contribution is -0.113. The fourth-order valence-corrected chi connectivity index (χ4v) is 6.05. The molecule has 188 valence electrons. The first-order chi connectivity index (χ1) is 17.6. The number of anilines is 3. The molecule has 3 aromatic heterocycles. The van der Waals surface area contributed by atoms with Crippen molar-refractivity contribution >= 4 is 44.2 Å². The number of ether oxygens (including phenoxy) is 1. The summed E-state index contributed by atoms with van der Waals surface area (Å²) >= 11 is 1.65. The van der Waals surface area contributed by atoms with Crippen molar-refractivity contribution in [2.24, 2.45) is 0 Å². The Morgan fingerprint density at radius 3 is 2.56 bits per heavy atom. The molecule has 2 N–H and O–H groups in total. The smallest absolute Gasteiger partial charge is 0.275 e. The summed E-state index contributed by atoms with van der Waals surface area (Å²) in [7, 11) is 0. The van der Waals surface area contributed by atoms with Crippen molar-refractivity contribution in [2.75, 3.05) is 41.3 Å². The second kappa shape index (κ2) is 9.93. The molecule has 3 aliphatic heterocycles. The SMILES string of the molecule is Cc1cc(C2NC(C(=O)Nc3cc4sc(N5CCCCC5)nc4nc3N3CCCCC3)=CO2)ccn1. The molecule has 0 spiro atoms. The minimum atomic E-state index is -0.414. The van der Waals surface area contributed by atoms with Gasteiger partial charge < -0.3 is 25.2 Å². The van der Waals surface area contributed by atoms with Gasteiger partial charge in [0.1, 0.15) is 12.0 Å². The van der Waals surface area contributed by atoms with Gasteiger partial charge in [-0.1, -0.05) is 11.3 Å². The number of thiazole rings is 1. The number of carbonyl (C=O) groups is 1. The van der Waals surface area contributed by atoms with Gasteiger partial charge in [0.2, 0.25) is 0 Å². The Morgan fingerprint density at radius 1 is 1.06 bits per heavy atom. The summed E-state index contributed by atoms with van der Waals surface area (Å²) in [6.07, 6.45) is 9.97. The van der Waals surface area contributed by atoms with Gasteiger partial charge in [0.15, 0.2) is 22.8 Å². The number of hydrogen-bond donors (Lipinski definition) is 2. The van der Waals surface area contributed by atoms with Gasteiger partial charge in [0, 0.05) is 43.6 Å². The summed E-state index contributed by atoms with van der Waals surface area (Å²) in [4.78, 5) is 32.0. The minimum Gasteiger partial charge on any atom is -0.472 e. The Labute approximate surface area is 214 Å². The molecule has 0 aromatic carbocycles. The maximum Gasteiger partial charge on any atom is 0.275 e. The van der Waals surface area contributed by atoms with Crippen molar-refractivity contribution < 1.29 is 9.53 Å². The first-order valence-corrected chi connectivity index (χ1v) is 13.6. The minimum absolute atomic E-state index is 0.247. The number of piperidine rings is 2. The Kier molecular flexibility index (Phi) is 6.35. The molecule has 0 saturated carbocycles. The Balaban J connectivity index is 1.26. The van der Waals surface area contributed by atoms with E-state index in [1.54, 1.807) is 17.5 Å². The largest absolute Gasteiger partial charge is 0.472 e. The Hall–Kier alpha value is -3.40. The normalized spacial score (nSPS) is 20.1. The van der Waals surface area contributed by atoms with Gasteiger partial charge in [-0.3, -0.25) is 9.78 Å². The summed E-state index contributed by atoms with van der Waals surface area (Å²) in [5.74, 6) is 0.551. The number of nitrogens with one attached hydrogen (secondary N) is 2. The third kappa shape index (κ3) is 4.69. The molecule has 0 bridgehead atoms. The highest BCUT2D eigenvalue weighted by Gasteiger charge is 2.27. The van der Waals surface area contributed by atoms with Crippen molar-refractivity contribution in [1.29, 1.82) is 0 Å². The number of hydrogen-bond acceptors (Lipinski definition) is 9. The Morgan fingerprint density at radius 2 is 1.81 bits per heavy atom. The van der Waals surface area contributed by atoms with Gasteiger partial charge in [0.25, 0.3) is 5.91 Å². The molecule has 9 nitrogen and oxygen atoms in total. The summed E-state index contributed by atoms with van der Waals surface area (Å²) in [5.41, 5.74) is 3.68. The van der Waals surface area contributed by atoms with E-state index in [4.69, 9.17) is 14.7 Å².